The van der Waals surface area contributed by atoms with E-state index in [9.17, 15) is 0 Å². The fraction of sp³-hybridized carbons (Fsp3) is 0.126. The fourth-order valence-corrected chi connectivity index (χ4v) is 16.3. The van der Waals surface area contributed by atoms with Crippen molar-refractivity contribution in [3.05, 3.63) is 283 Å². The Labute approximate surface area is 539 Å². The molecule has 18 rings (SSSR count). The standard InChI is InChI=1S/C87H68N4O2/c1-10-25-55(11-2)88(77-51(5)40-44-64-62-35-21-32-59(50(3)4)83(62)92-85(64)77)57-42-46-71-68(48-57)60-33-22-37-66-75-74(54-28-17-13-18-29-54)82-76(73(53-26-15-12-16-27-53)81(75)90(71)79(60)66)67-38-23-34-61-69-49-58(43-47-72(69)91(82)80(61)67)89(56-30-19-14-20-31-56)78-52(6)41-45-65-63-36-24-39-70(87(7,8)9)84(63)93-86(65)78/h10-40,42-44,46-50H,1-2,41,45H2,3-9H3/b55-25+. The summed E-state index contributed by atoms with van der Waals surface area (Å²) in [6.07, 6.45) is 7.70. The number of hydrogen-bond acceptors (Lipinski definition) is 4. The number of hydrogen-bond donors (Lipinski definition) is 0. The summed E-state index contributed by atoms with van der Waals surface area (Å²) < 4.78 is 19.6. The molecule has 6 heteroatoms. The topological polar surface area (TPSA) is 41.6 Å². The largest absolute Gasteiger partial charge is 0.454 e. The first-order chi connectivity index (χ1) is 45.4. The van der Waals surface area contributed by atoms with Gasteiger partial charge in [-0.2, -0.15) is 0 Å². The van der Waals surface area contributed by atoms with Gasteiger partial charge in [-0.3, -0.25) is 0 Å². The molecule has 448 valence electrons. The normalized spacial score (nSPS) is 13.4. The first kappa shape index (κ1) is 54.8. The van der Waals surface area contributed by atoms with E-state index in [0.29, 0.717) is 0 Å². The lowest BCUT2D eigenvalue weighted by molar-refractivity contribution is 0.547. The molecule has 0 saturated heterocycles. The van der Waals surface area contributed by atoms with Crippen LogP contribution in [0, 0.1) is 6.92 Å². The van der Waals surface area contributed by atoms with Gasteiger partial charge in [0.2, 0.25) is 0 Å². The van der Waals surface area contributed by atoms with Gasteiger partial charge in [-0.1, -0.05) is 218 Å². The molecule has 0 atom stereocenters. The van der Waals surface area contributed by atoms with E-state index in [1.165, 1.54) is 110 Å². The molecule has 93 heavy (non-hydrogen) atoms. The number of rotatable bonds is 11. The molecule has 0 N–H and O–H groups in total. The van der Waals surface area contributed by atoms with Gasteiger partial charge in [0.25, 0.3) is 0 Å². The zero-order chi connectivity index (χ0) is 62.9. The highest BCUT2D eigenvalue weighted by atomic mass is 16.3. The minimum atomic E-state index is -0.0883. The highest BCUT2D eigenvalue weighted by molar-refractivity contribution is 6.38. The van der Waals surface area contributed by atoms with E-state index in [1.807, 2.05) is 18.2 Å². The molecular weight excluding hydrogens is 1130 g/mol. The van der Waals surface area contributed by atoms with Crippen molar-refractivity contribution in [2.75, 3.05) is 9.80 Å². The number of para-hydroxylation sites is 5. The third-order valence-electron chi connectivity index (χ3n) is 20.3. The van der Waals surface area contributed by atoms with Crippen molar-refractivity contribution in [1.82, 2.24) is 8.80 Å². The van der Waals surface area contributed by atoms with Crippen LogP contribution in [0.5, 0.6) is 0 Å². The summed E-state index contributed by atoms with van der Waals surface area (Å²) >= 11 is 0. The molecule has 6 nitrogen and oxygen atoms in total. The van der Waals surface area contributed by atoms with Crippen molar-refractivity contribution in [2.24, 2.45) is 0 Å². The Morgan fingerprint density at radius 2 is 1.04 bits per heavy atom. The predicted octanol–water partition coefficient (Wildman–Crippen LogP) is 24.6. The van der Waals surface area contributed by atoms with Crippen LogP contribution in [-0.2, 0) is 11.8 Å². The van der Waals surface area contributed by atoms with Crippen LogP contribution in [0.15, 0.2) is 264 Å². The number of nitrogens with zero attached hydrogens (tertiary/aromatic N) is 4. The average Bonchev–Trinajstić information content (AvgIpc) is 1.50. The summed E-state index contributed by atoms with van der Waals surface area (Å²) in [6, 6.07) is 79.0. The van der Waals surface area contributed by atoms with Gasteiger partial charge in [0.15, 0.2) is 11.3 Å². The van der Waals surface area contributed by atoms with Gasteiger partial charge in [-0.25, -0.2) is 0 Å². The minimum absolute atomic E-state index is 0.0883. The maximum absolute atomic E-state index is 7.25. The molecule has 0 amide bonds. The van der Waals surface area contributed by atoms with E-state index in [1.54, 1.807) is 0 Å². The predicted molar refractivity (Wildman–Crippen MR) is 394 cm³/mol. The summed E-state index contributed by atoms with van der Waals surface area (Å²) in [6.45, 7) is 24.4. The first-order valence-corrected chi connectivity index (χ1v) is 32.7. The van der Waals surface area contributed by atoms with E-state index >= 15 is 0 Å². The Morgan fingerprint density at radius 3 is 1.65 bits per heavy atom. The van der Waals surface area contributed by atoms with Crippen molar-refractivity contribution < 1.29 is 8.83 Å². The second-order valence-corrected chi connectivity index (χ2v) is 27.0. The van der Waals surface area contributed by atoms with Gasteiger partial charge in [-0.05, 0) is 127 Å². The second kappa shape index (κ2) is 20.2. The number of aryl methyl sites for hydroxylation is 2. The van der Waals surface area contributed by atoms with Gasteiger partial charge in [-0.15, -0.1) is 0 Å². The molecule has 0 bridgehead atoms. The monoisotopic (exact) mass is 1200 g/mol. The molecule has 1 aliphatic rings. The molecule has 0 saturated carbocycles. The van der Waals surface area contributed by atoms with Crippen molar-refractivity contribution >= 4 is 138 Å². The number of allylic oxidation sites excluding steroid dienone is 4. The number of benzene rings is 11. The first-order valence-electron chi connectivity index (χ1n) is 32.7. The van der Waals surface area contributed by atoms with Crippen LogP contribution in [0.3, 0.4) is 0 Å². The van der Waals surface area contributed by atoms with Crippen LogP contribution in [0.2, 0.25) is 0 Å². The van der Waals surface area contributed by atoms with E-state index < -0.39 is 0 Å². The number of furan rings is 2. The summed E-state index contributed by atoms with van der Waals surface area (Å²) in [5.41, 5.74) is 26.8. The van der Waals surface area contributed by atoms with E-state index in [0.717, 1.165) is 102 Å². The zero-order valence-corrected chi connectivity index (χ0v) is 53.5. The molecule has 11 aromatic carbocycles. The lowest BCUT2D eigenvalue weighted by Gasteiger charge is -2.31. The molecule has 1 aliphatic carbocycles. The lowest BCUT2D eigenvalue weighted by Crippen LogP contribution is -2.19. The van der Waals surface area contributed by atoms with Crippen molar-refractivity contribution in [3.63, 3.8) is 0 Å². The SMILES string of the molecule is C=C/C=C(\C=C)N(c1ccc2c(c1)c1cccc3c4c(-c5ccccc5)c5c(c(-c6ccccc6)c4n2c13)c1cccc2c3cc(N(C4=C(C)CCc6c4oc4c(C(C)(C)C)cccc64)c4ccccc4)ccc3n5c21)c1c(C)ccc2c1oc1c(C(C)C)cccc12. The molecule has 0 unspecified atom stereocenters. The van der Waals surface area contributed by atoms with Crippen LogP contribution in [0.25, 0.3) is 137 Å². The van der Waals surface area contributed by atoms with Crippen LogP contribution in [-0.4, -0.2) is 8.80 Å². The quantitative estimate of drug-likeness (QED) is 0.121. The second-order valence-electron chi connectivity index (χ2n) is 27.0. The Morgan fingerprint density at radius 1 is 0.495 bits per heavy atom. The molecular formula is C87H68N4O2. The highest BCUT2D eigenvalue weighted by Gasteiger charge is 2.35. The molecule has 17 aromatic rings. The number of fused-ring (bicyclic) bond motifs is 18. The minimum Gasteiger partial charge on any atom is -0.454 e. The van der Waals surface area contributed by atoms with Crippen LogP contribution >= 0.6 is 0 Å². The van der Waals surface area contributed by atoms with E-state index in [2.05, 4.69) is 293 Å². The average molecular weight is 1200 g/mol. The molecule has 0 aliphatic heterocycles. The Kier molecular flexibility index (Phi) is 11.9. The summed E-state index contributed by atoms with van der Waals surface area (Å²) in [5, 5.41) is 13.1. The maximum Gasteiger partial charge on any atom is 0.159 e. The van der Waals surface area contributed by atoms with Crippen LogP contribution in [0.4, 0.5) is 22.7 Å². The number of anilines is 4. The zero-order valence-electron chi connectivity index (χ0n) is 53.5. The molecule has 6 aromatic heterocycles. The molecule has 0 spiro atoms. The third kappa shape index (κ3) is 7.70. The highest BCUT2D eigenvalue weighted by Crippen LogP contribution is 2.56. The summed E-state index contributed by atoms with van der Waals surface area (Å²) in [4.78, 5) is 4.79. The summed E-state index contributed by atoms with van der Waals surface area (Å²) in [5.74, 6) is 1.26. The van der Waals surface area contributed by atoms with Crippen LogP contribution < -0.4 is 9.80 Å². The van der Waals surface area contributed by atoms with Crippen molar-refractivity contribution in [1.29, 1.82) is 0 Å². The Balaban J connectivity index is 0.916. The molecule has 0 radical (unpaired) electrons. The van der Waals surface area contributed by atoms with Crippen LogP contribution in [0.1, 0.15) is 81.9 Å². The fourth-order valence-electron chi connectivity index (χ4n) is 16.3. The van der Waals surface area contributed by atoms with Gasteiger partial charge >= 0.3 is 0 Å². The summed E-state index contributed by atoms with van der Waals surface area (Å²) in [7, 11) is 0. The maximum atomic E-state index is 7.25. The molecule has 0 fully saturated rings. The van der Waals surface area contributed by atoms with Gasteiger partial charge in [0.1, 0.15) is 11.2 Å². The van der Waals surface area contributed by atoms with Crippen molar-refractivity contribution in [2.45, 2.75) is 72.6 Å². The number of aromatic nitrogens is 2. The van der Waals surface area contributed by atoms with Gasteiger partial charge in [0.05, 0.1) is 44.5 Å². The lowest BCUT2D eigenvalue weighted by atomic mass is 9.85. The molecule has 6 heterocycles. The van der Waals surface area contributed by atoms with Crippen molar-refractivity contribution in [3.8, 4) is 22.3 Å². The Hall–Kier alpha value is -11.1. The van der Waals surface area contributed by atoms with E-state index in [4.69, 9.17) is 8.83 Å². The van der Waals surface area contributed by atoms with E-state index in [-0.39, 0.29) is 11.3 Å². The smallest absolute Gasteiger partial charge is 0.159 e. The van der Waals surface area contributed by atoms with Gasteiger partial charge in [0, 0.05) is 104 Å². The third-order valence-corrected chi connectivity index (χ3v) is 20.3. The Bertz CT molecular complexity index is 6060. The van der Waals surface area contributed by atoms with Gasteiger partial charge < -0.3 is 27.4 Å².